The van der Waals surface area contributed by atoms with E-state index in [4.69, 9.17) is 5.11 Å². The van der Waals surface area contributed by atoms with Crippen LogP contribution in [0.15, 0.2) is 53.4 Å². The molecule has 0 aliphatic rings. The molecule has 0 unspecified atom stereocenters. The van der Waals surface area contributed by atoms with Crippen molar-refractivity contribution in [1.82, 2.24) is 4.90 Å². The van der Waals surface area contributed by atoms with Crippen LogP contribution in [0.5, 0.6) is 0 Å². The number of hydrogen-bond donors (Lipinski definition) is 1. The standard InChI is InChI=1S/C19H20FNO3S/c1-25-17-12-15(9-10-16(17)20)19(24)21(11-5-8-18(22)23)13-14-6-3-2-4-7-14/h2-4,6-7,9-10,12H,5,8,11,13H2,1H3,(H,22,23). The molecule has 2 aromatic rings. The first-order valence-corrected chi connectivity index (χ1v) is 9.12. The summed E-state index contributed by atoms with van der Waals surface area (Å²) in [5, 5.41) is 8.82. The fourth-order valence-electron chi connectivity index (χ4n) is 2.45. The number of aliphatic carboxylic acids is 1. The number of amides is 1. The van der Waals surface area contributed by atoms with Crippen molar-refractivity contribution < 1.29 is 19.1 Å². The molecule has 0 spiro atoms. The highest BCUT2D eigenvalue weighted by Gasteiger charge is 2.18. The Morgan fingerprint density at radius 3 is 2.52 bits per heavy atom. The van der Waals surface area contributed by atoms with Gasteiger partial charge in [-0.3, -0.25) is 9.59 Å². The molecule has 0 saturated carbocycles. The lowest BCUT2D eigenvalue weighted by molar-refractivity contribution is -0.137. The molecule has 0 heterocycles. The second-order valence-corrected chi connectivity index (χ2v) is 6.41. The van der Waals surface area contributed by atoms with E-state index in [0.29, 0.717) is 30.0 Å². The average molecular weight is 361 g/mol. The molecule has 2 rings (SSSR count). The monoisotopic (exact) mass is 361 g/mol. The summed E-state index contributed by atoms with van der Waals surface area (Å²) in [6.07, 6.45) is 2.11. The number of carbonyl (C=O) groups excluding carboxylic acids is 1. The van der Waals surface area contributed by atoms with Crippen LogP contribution in [0.3, 0.4) is 0 Å². The average Bonchev–Trinajstić information content (AvgIpc) is 2.61. The zero-order valence-electron chi connectivity index (χ0n) is 13.9. The summed E-state index contributed by atoms with van der Waals surface area (Å²) in [6, 6.07) is 13.8. The summed E-state index contributed by atoms with van der Waals surface area (Å²) >= 11 is 1.24. The maximum atomic E-state index is 13.7. The predicted molar refractivity (Wildman–Crippen MR) is 96.2 cm³/mol. The van der Waals surface area contributed by atoms with Crippen molar-refractivity contribution in [1.29, 1.82) is 0 Å². The lowest BCUT2D eigenvalue weighted by Gasteiger charge is -2.23. The first-order valence-electron chi connectivity index (χ1n) is 7.90. The molecule has 1 N–H and O–H groups in total. The molecule has 4 nitrogen and oxygen atoms in total. The van der Waals surface area contributed by atoms with Crippen LogP contribution in [0.1, 0.15) is 28.8 Å². The molecular weight excluding hydrogens is 341 g/mol. The summed E-state index contributed by atoms with van der Waals surface area (Å²) in [5.74, 6) is -1.48. The van der Waals surface area contributed by atoms with E-state index in [-0.39, 0.29) is 18.1 Å². The van der Waals surface area contributed by atoms with Gasteiger partial charge < -0.3 is 10.0 Å². The van der Waals surface area contributed by atoms with Crippen molar-refractivity contribution in [3.8, 4) is 0 Å². The predicted octanol–water partition coefficient (Wildman–Crippen LogP) is 4.05. The van der Waals surface area contributed by atoms with E-state index < -0.39 is 5.97 Å². The van der Waals surface area contributed by atoms with Gasteiger partial charge in [0.1, 0.15) is 5.82 Å². The summed E-state index contributed by atoms with van der Waals surface area (Å²) < 4.78 is 13.7. The maximum Gasteiger partial charge on any atom is 0.303 e. The van der Waals surface area contributed by atoms with Gasteiger partial charge in [-0.05, 0) is 36.4 Å². The molecular formula is C19H20FNO3S. The molecule has 0 aliphatic carbocycles. The van der Waals surface area contributed by atoms with Crippen LogP contribution in [-0.4, -0.2) is 34.7 Å². The van der Waals surface area contributed by atoms with Crippen molar-refractivity contribution in [2.24, 2.45) is 0 Å². The van der Waals surface area contributed by atoms with E-state index in [9.17, 15) is 14.0 Å². The van der Waals surface area contributed by atoms with Gasteiger partial charge in [0.2, 0.25) is 0 Å². The van der Waals surface area contributed by atoms with Crippen molar-refractivity contribution in [2.45, 2.75) is 24.3 Å². The molecule has 2 aromatic carbocycles. The lowest BCUT2D eigenvalue weighted by Crippen LogP contribution is -2.32. The molecule has 0 atom stereocenters. The van der Waals surface area contributed by atoms with E-state index in [0.717, 1.165) is 5.56 Å². The number of carboxylic acids is 1. The Morgan fingerprint density at radius 2 is 1.88 bits per heavy atom. The van der Waals surface area contributed by atoms with Crippen LogP contribution in [0.25, 0.3) is 0 Å². The van der Waals surface area contributed by atoms with Crippen LogP contribution in [-0.2, 0) is 11.3 Å². The molecule has 1 amide bonds. The quantitative estimate of drug-likeness (QED) is 0.721. The Morgan fingerprint density at radius 1 is 1.16 bits per heavy atom. The molecule has 0 bridgehead atoms. The van der Waals surface area contributed by atoms with E-state index in [1.807, 2.05) is 30.3 Å². The van der Waals surface area contributed by atoms with E-state index in [1.54, 1.807) is 11.2 Å². The van der Waals surface area contributed by atoms with Gasteiger partial charge in [0.05, 0.1) is 0 Å². The van der Waals surface area contributed by atoms with Crippen LogP contribution in [0, 0.1) is 5.82 Å². The molecule has 0 saturated heterocycles. The molecule has 25 heavy (non-hydrogen) atoms. The van der Waals surface area contributed by atoms with Crippen LogP contribution >= 0.6 is 11.8 Å². The lowest BCUT2D eigenvalue weighted by atomic mass is 10.1. The minimum absolute atomic E-state index is 0.00194. The smallest absolute Gasteiger partial charge is 0.303 e. The van der Waals surface area contributed by atoms with Crippen LogP contribution in [0.2, 0.25) is 0 Å². The summed E-state index contributed by atoms with van der Waals surface area (Å²) in [6.45, 7) is 0.706. The number of nitrogens with zero attached hydrogens (tertiary/aromatic N) is 1. The largest absolute Gasteiger partial charge is 0.481 e. The maximum absolute atomic E-state index is 13.7. The highest BCUT2D eigenvalue weighted by atomic mass is 32.2. The number of hydrogen-bond acceptors (Lipinski definition) is 3. The number of thioether (sulfide) groups is 1. The molecule has 0 aromatic heterocycles. The van der Waals surface area contributed by atoms with E-state index in [1.165, 1.54) is 30.0 Å². The van der Waals surface area contributed by atoms with Crippen molar-refractivity contribution in [3.05, 3.63) is 65.5 Å². The Labute approximate surface area is 150 Å². The number of carboxylic acid groups (broad SMARTS) is 1. The minimum Gasteiger partial charge on any atom is -0.481 e. The SMILES string of the molecule is CSc1cc(C(=O)N(CCCC(=O)O)Cc2ccccc2)ccc1F. The van der Waals surface area contributed by atoms with Crippen LogP contribution < -0.4 is 0 Å². The minimum atomic E-state index is -0.890. The van der Waals surface area contributed by atoms with Crippen LogP contribution in [0.4, 0.5) is 4.39 Å². The first-order chi connectivity index (χ1) is 12.0. The molecule has 0 radical (unpaired) electrons. The number of rotatable bonds is 8. The van der Waals surface area contributed by atoms with Crippen molar-refractivity contribution in [2.75, 3.05) is 12.8 Å². The Balaban J connectivity index is 2.20. The third-order valence-electron chi connectivity index (χ3n) is 3.72. The van der Waals surface area contributed by atoms with E-state index >= 15 is 0 Å². The van der Waals surface area contributed by atoms with Gasteiger partial charge in [0, 0.05) is 30.0 Å². The van der Waals surface area contributed by atoms with Gasteiger partial charge in [-0.15, -0.1) is 11.8 Å². The molecule has 6 heteroatoms. The highest BCUT2D eigenvalue weighted by Crippen LogP contribution is 2.22. The van der Waals surface area contributed by atoms with E-state index in [2.05, 4.69) is 0 Å². The third-order valence-corrected chi connectivity index (χ3v) is 4.47. The number of carbonyl (C=O) groups is 2. The summed E-state index contributed by atoms with van der Waals surface area (Å²) in [5.41, 5.74) is 1.36. The summed E-state index contributed by atoms with van der Waals surface area (Å²) in [7, 11) is 0. The van der Waals surface area contributed by atoms with Crippen molar-refractivity contribution >= 4 is 23.6 Å². The Bertz CT molecular complexity index is 737. The molecule has 0 fully saturated rings. The number of benzene rings is 2. The van der Waals surface area contributed by atoms with Gasteiger partial charge >= 0.3 is 5.97 Å². The van der Waals surface area contributed by atoms with Gasteiger partial charge in [0.15, 0.2) is 0 Å². The molecule has 132 valence electrons. The topological polar surface area (TPSA) is 57.6 Å². The van der Waals surface area contributed by atoms with Gasteiger partial charge in [-0.2, -0.15) is 0 Å². The first kappa shape index (κ1) is 19.0. The fourth-order valence-corrected chi connectivity index (χ4v) is 2.96. The zero-order chi connectivity index (χ0) is 18.2. The normalized spacial score (nSPS) is 10.5. The van der Waals surface area contributed by atoms with Gasteiger partial charge in [-0.1, -0.05) is 30.3 Å². The summed E-state index contributed by atoms with van der Waals surface area (Å²) in [4.78, 5) is 25.6. The second kappa shape index (κ2) is 9.22. The van der Waals surface area contributed by atoms with Crippen molar-refractivity contribution in [3.63, 3.8) is 0 Å². The Kier molecular flexibility index (Phi) is 7.01. The van der Waals surface area contributed by atoms with Gasteiger partial charge in [-0.25, -0.2) is 4.39 Å². The number of halogens is 1. The fraction of sp³-hybridized carbons (Fsp3) is 0.263. The highest BCUT2D eigenvalue weighted by molar-refractivity contribution is 7.98. The third kappa shape index (κ3) is 5.60. The molecule has 0 aliphatic heterocycles. The van der Waals surface area contributed by atoms with Gasteiger partial charge in [0.25, 0.3) is 5.91 Å². The zero-order valence-corrected chi connectivity index (χ0v) is 14.8. The Hall–Kier alpha value is -2.34. The second-order valence-electron chi connectivity index (χ2n) is 5.56.